The number of hydrogen-bond acceptors (Lipinski definition) is 7. The topological polar surface area (TPSA) is 89.0 Å². The van der Waals surface area contributed by atoms with E-state index in [1.165, 1.54) is 28.6 Å². The van der Waals surface area contributed by atoms with Gasteiger partial charge < -0.3 is 5.32 Å². The second-order valence-corrected chi connectivity index (χ2v) is 11.4. The Hall–Kier alpha value is -1.19. The maximum absolute atomic E-state index is 12.2. The maximum Gasteiger partial charge on any atom is 0.230 e. The van der Waals surface area contributed by atoms with E-state index in [1.807, 2.05) is 0 Å². The van der Waals surface area contributed by atoms with E-state index in [4.69, 9.17) is 0 Å². The van der Waals surface area contributed by atoms with Crippen molar-refractivity contribution in [3.63, 3.8) is 0 Å². The molecule has 1 aliphatic carbocycles. The lowest BCUT2D eigenvalue weighted by Crippen LogP contribution is -2.36. The summed E-state index contributed by atoms with van der Waals surface area (Å²) in [6.07, 6.45) is 5.39. The summed E-state index contributed by atoms with van der Waals surface area (Å²) in [5, 5.41) is 4.80. The molecule has 2 atom stereocenters. The Morgan fingerprint density at radius 2 is 2.23 bits per heavy atom. The van der Waals surface area contributed by atoms with Crippen molar-refractivity contribution in [2.24, 2.45) is 5.92 Å². The SMILES string of the molecule is C[C@H]1CCc2c(sc3ncnc(SCC(=O)N[C@H]4CCS(=O)(=O)C4)c23)C1. The maximum atomic E-state index is 12.2. The smallest absolute Gasteiger partial charge is 0.230 e. The zero-order valence-electron chi connectivity index (χ0n) is 14.5. The van der Waals surface area contributed by atoms with E-state index in [2.05, 4.69) is 22.2 Å². The van der Waals surface area contributed by atoms with Crippen molar-refractivity contribution in [3.05, 3.63) is 16.8 Å². The van der Waals surface area contributed by atoms with Crippen LogP contribution in [-0.4, -0.2) is 47.6 Å². The third-order valence-electron chi connectivity index (χ3n) is 4.99. The molecule has 9 heteroatoms. The van der Waals surface area contributed by atoms with Gasteiger partial charge in [-0.3, -0.25) is 4.79 Å². The number of fused-ring (bicyclic) bond motifs is 3. The number of hydrogen-bond donors (Lipinski definition) is 1. The molecule has 0 spiro atoms. The molecule has 1 N–H and O–H groups in total. The number of rotatable bonds is 4. The van der Waals surface area contributed by atoms with E-state index in [0.29, 0.717) is 12.3 Å². The Morgan fingerprint density at radius 3 is 3.00 bits per heavy atom. The molecule has 0 saturated carbocycles. The van der Waals surface area contributed by atoms with E-state index >= 15 is 0 Å². The molecule has 2 aliphatic rings. The number of aryl methyl sites for hydroxylation is 1. The molecule has 3 heterocycles. The lowest BCUT2D eigenvalue weighted by Gasteiger charge is -2.18. The van der Waals surface area contributed by atoms with Gasteiger partial charge in [0, 0.05) is 16.3 Å². The van der Waals surface area contributed by atoms with Gasteiger partial charge in [-0.2, -0.15) is 0 Å². The first-order valence-corrected chi connectivity index (χ1v) is 12.4. The van der Waals surface area contributed by atoms with Gasteiger partial charge >= 0.3 is 0 Å². The van der Waals surface area contributed by atoms with Gasteiger partial charge in [-0.05, 0) is 37.2 Å². The van der Waals surface area contributed by atoms with Crippen LogP contribution in [-0.2, 0) is 27.5 Å². The van der Waals surface area contributed by atoms with Gasteiger partial charge in [-0.15, -0.1) is 11.3 Å². The molecule has 0 aromatic carbocycles. The molecule has 26 heavy (non-hydrogen) atoms. The van der Waals surface area contributed by atoms with Crippen LogP contribution in [0, 0.1) is 5.92 Å². The molecule has 1 amide bonds. The Kier molecular flexibility index (Phi) is 4.96. The van der Waals surface area contributed by atoms with Crippen LogP contribution in [0.15, 0.2) is 11.4 Å². The van der Waals surface area contributed by atoms with E-state index in [0.717, 1.165) is 28.1 Å². The zero-order valence-corrected chi connectivity index (χ0v) is 17.0. The highest BCUT2D eigenvalue weighted by atomic mass is 32.2. The quantitative estimate of drug-likeness (QED) is 0.613. The molecule has 140 valence electrons. The predicted molar refractivity (Wildman–Crippen MR) is 105 cm³/mol. The van der Waals surface area contributed by atoms with Gasteiger partial charge in [0.1, 0.15) is 16.2 Å². The lowest BCUT2D eigenvalue weighted by molar-refractivity contribution is -0.119. The fourth-order valence-corrected chi connectivity index (χ4v) is 7.59. The number of nitrogens with zero attached hydrogens (tertiary/aromatic N) is 2. The molecule has 1 aliphatic heterocycles. The largest absolute Gasteiger partial charge is 0.352 e. The fraction of sp³-hybridized carbons (Fsp3) is 0.588. The number of nitrogens with one attached hydrogen (secondary N) is 1. The molecule has 6 nitrogen and oxygen atoms in total. The van der Waals surface area contributed by atoms with E-state index in [-0.39, 0.29) is 29.2 Å². The van der Waals surface area contributed by atoms with Gasteiger partial charge in [-0.1, -0.05) is 18.7 Å². The predicted octanol–water partition coefficient (Wildman–Crippen LogP) is 2.21. The third kappa shape index (κ3) is 3.75. The van der Waals surface area contributed by atoms with Crippen LogP contribution in [0.1, 0.15) is 30.2 Å². The number of carbonyl (C=O) groups excluding carboxylic acids is 1. The minimum atomic E-state index is -2.99. The number of thiophene rings is 1. The second kappa shape index (κ2) is 7.09. The van der Waals surface area contributed by atoms with Crippen molar-refractivity contribution >= 4 is 49.1 Å². The summed E-state index contributed by atoms with van der Waals surface area (Å²) in [6.45, 7) is 2.28. The summed E-state index contributed by atoms with van der Waals surface area (Å²) < 4.78 is 23.0. The van der Waals surface area contributed by atoms with Crippen LogP contribution in [0.2, 0.25) is 0 Å². The first kappa shape index (κ1) is 18.2. The molecular formula is C17H21N3O3S3. The number of thioether (sulfide) groups is 1. The van der Waals surface area contributed by atoms with Crippen LogP contribution in [0.3, 0.4) is 0 Å². The molecule has 1 fully saturated rings. The number of carbonyl (C=O) groups is 1. The zero-order chi connectivity index (χ0) is 18.3. The van der Waals surface area contributed by atoms with Crippen molar-refractivity contribution in [1.82, 2.24) is 15.3 Å². The number of aromatic nitrogens is 2. The van der Waals surface area contributed by atoms with Crippen LogP contribution in [0.4, 0.5) is 0 Å². The first-order valence-electron chi connectivity index (χ1n) is 8.79. The van der Waals surface area contributed by atoms with Crippen LogP contribution in [0.5, 0.6) is 0 Å². The highest BCUT2D eigenvalue weighted by Gasteiger charge is 2.29. The van der Waals surface area contributed by atoms with Gasteiger partial charge in [0.05, 0.1) is 17.3 Å². The molecule has 2 aromatic rings. The summed E-state index contributed by atoms with van der Waals surface area (Å²) in [4.78, 5) is 23.5. The Labute approximate surface area is 161 Å². The monoisotopic (exact) mass is 411 g/mol. The van der Waals surface area contributed by atoms with Crippen LogP contribution in [0.25, 0.3) is 10.2 Å². The van der Waals surface area contributed by atoms with E-state index in [1.54, 1.807) is 17.7 Å². The molecule has 0 bridgehead atoms. The minimum absolute atomic E-state index is 0.0530. The van der Waals surface area contributed by atoms with Crippen LogP contribution >= 0.6 is 23.1 Å². The third-order valence-corrected chi connectivity index (χ3v) is 8.91. The van der Waals surface area contributed by atoms with Gasteiger partial charge in [-0.25, -0.2) is 18.4 Å². The second-order valence-electron chi connectivity index (χ2n) is 7.17. The average Bonchev–Trinajstić information content (AvgIpc) is 3.11. The van der Waals surface area contributed by atoms with Gasteiger partial charge in [0.25, 0.3) is 0 Å². The number of amides is 1. The summed E-state index contributed by atoms with van der Waals surface area (Å²) in [6, 6.07) is -0.256. The van der Waals surface area contributed by atoms with Crippen molar-refractivity contribution in [1.29, 1.82) is 0 Å². The molecule has 2 aromatic heterocycles. The van der Waals surface area contributed by atoms with Crippen molar-refractivity contribution in [3.8, 4) is 0 Å². The highest BCUT2D eigenvalue weighted by Crippen LogP contribution is 2.40. The normalized spacial score (nSPS) is 24.5. The van der Waals surface area contributed by atoms with Crippen molar-refractivity contribution < 1.29 is 13.2 Å². The average molecular weight is 412 g/mol. The Morgan fingerprint density at radius 1 is 1.38 bits per heavy atom. The first-order chi connectivity index (χ1) is 12.4. The minimum Gasteiger partial charge on any atom is -0.352 e. The number of sulfone groups is 1. The molecule has 1 saturated heterocycles. The summed E-state index contributed by atoms with van der Waals surface area (Å²) in [7, 11) is -2.99. The lowest BCUT2D eigenvalue weighted by atomic mass is 9.89. The summed E-state index contributed by atoms with van der Waals surface area (Å²) in [5.41, 5.74) is 1.36. The molecule has 0 radical (unpaired) electrons. The van der Waals surface area contributed by atoms with E-state index < -0.39 is 9.84 Å². The Bertz CT molecular complexity index is 955. The molecule has 0 unspecified atom stereocenters. The van der Waals surface area contributed by atoms with E-state index in [9.17, 15) is 13.2 Å². The standard InChI is InChI=1S/C17H21N3O3S3/c1-10-2-3-12-13(6-10)25-17-15(12)16(18-9-19-17)24-7-14(21)20-11-4-5-26(22,23)8-11/h9-11H,2-8H2,1H3,(H,20,21)/t10-,11-/m0/s1. The van der Waals surface area contributed by atoms with Crippen LogP contribution < -0.4 is 5.32 Å². The summed E-state index contributed by atoms with van der Waals surface area (Å²) in [5.74, 6) is 1.02. The van der Waals surface area contributed by atoms with Gasteiger partial charge in [0.2, 0.25) is 5.91 Å². The fourth-order valence-electron chi connectivity index (χ4n) is 3.67. The Balaban J connectivity index is 1.47. The summed E-state index contributed by atoms with van der Waals surface area (Å²) >= 11 is 3.16. The molecular weight excluding hydrogens is 390 g/mol. The van der Waals surface area contributed by atoms with Crippen molar-refractivity contribution in [2.45, 2.75) is 43.7 Å². The van der Waals surface area contributed by atoms with Crippen molar-refractivity contribution in [2.75, 3.05) is 17.3 Å². The highest BCUT2D eigenvalue weighted by molar-refractivity contribution is 8.00. The van der Waals surface area contributed by atoms with Gasteiger partial charge in [0.15, 0.2) is 9.84 Å². The molecule has 4 rings (SSSR count).